The van der Waals surface area contributed by atoms with Crippen LogP contribution in [0.25, 0.3) is 88.0 Å². The molecule has 344 valence electrons. The van der Waals surface area contributed by atoms with Crippen LogP contribution < -0.4 is 9.47 Å². The molecule has 0 unspecified atom stereocenters. The largest absolute Gasteiger partial charge is 0.497 e. The van der Waals surface area contributed by atoms with Crippen molar-refractivity contribution in [1.82, 2.24) is 9.13 Å². The molecule has 0 aliphatic heterocycles. The fourth-order valence-electron chi connectivity index (χ4n) is 10.2. The molecule has 8 aromatic carbocycles. The third kappa shape index (κ3) is 7.53. The molecule has 0 saturated heterocycles. The maximum absolute atomic E-state index is 5.76. The van der Waals surface area contributed by atoms with Gasteiger partial charge in [0.05, 0.1) is 36.3 Å². The van der Waals surface area contributed by atoms with E-state index in [0.717, 1.165) is 34.0 Å². The smallest absolute Gasteiger partial charge is 0.118 e. The Bertz CT molecular complexity index is 3280. The number of nitrogens with zero attached hydrogens (tertiary/aromatic N) is 2. The fourth-order valence-corrected chi connectivity index (χ4v) is 10.2. The van der Waals surface area contributed by atoms with E-state index < -0.39 is 0 Å². The lowest BCUT2D eigenvalue weighted by Crippen LogP contribution is -2.17. The van der Waals surface area contributed by atoms with Crippen LogP contribution in [0.15, 0.2) is 146 Å². The maximum atomic E-state index is 5.76. The highest BCUT2D eigenvalue weighted by molar-refractivity contribution is 6.33. The van der Waals surface area contributed by atoms with Crippen molar-refractivity contribution in [3.05, 3.63) is 168 Å². The van der Waals surface area contributed by atoms with E-state index in [0.29, 0.717) is 0 Å². The summed E-state index contributed by atoms with van der Waals surface area (Å²) in [7, 11) is 3.48. The van der Waals surface area contributed by atoms with Crippen LogP contribution in [0.5, 0.6) is 11.5 Å². The topological polar surface area (TPSA) is 28.3 Å². The predicted molar refractivity (Wildman–Crippen MR) is 291 cm³/mol. The molecule has 10 rings (SSSR count). The van der Waals surface area contributed by atoms with Crippen LogP contribution >= 0.6 is 0 Å². The summed E-state index contributed by atoms with van der Waals surface area (Å²) in [6.07, 6.45) is 0. The number of hydrogen-bond acceptors (Lipinski definition) is 2. The highest BCUT2D eigenvalue weighted by Crippen LogP contribution is 2.52. The molecule has 0 bridgehead atoms. The van der Waals surface area contributed by atoms with Gasteiger partial charge in [0.1, 0.15) is 11.5 Å². The summed E-state index contributed by atoms with van der Waals surface area (Å²) in [6.45, 7) is 28.1. The lowest BCUT2D eigenvalue weighted by atomic mass is 9.80. The van der Waals surface area contributed by atoms with Gasteiger partial charge >= 0.3 is 0 Å². The van der Waals surface area contributed by atoms with Gasteiger partial charge in [-0.05, 0) is 138 Å². The van der Waals surface area contributed by atoms with Gasteiger partial charge in [-0.2, -0.15) is 0 Å². The van der Waals surface area contributed by atoms with Crippen molar-refractivity contribution in [2.75, 3.05) is 14.2 Å². The average molecular weight is 895 g/mol. The Labute approximate surface area is 403 Å². The third-order valence-electron chi connectivity index (χ3n) is 14.3. The number of ether oxygens (including phenoxy) is 2. The molecule has 0 fully saturated rings. The lowest BCUT2D eigenvalue weighted by molar-refractivity contribution is 0.415. The average Bonchev–Trinajstić information content (AvgIpc) is 3.83. The van der Waals surface area contributed by atoms with Crippen molar-refractivity contribution in [2.45, 2.75) is 105 Å². The summed E-state index contributed by atoms with van der Waals surface area (Å²) in [5.41, 5.74) is 16.5. The van der Waals surface area contributed by atoms with E-state index >= 15 is 0 Å². The standard InChI is InChI=1S/C64H66N2O2/c1-61(2,3)43-33-44(62(4,5)6)36-47(35-43)65-57-51-21-17-15-19-41(51)31-53(39-23-27-49(67-13)28-24-39)55(57)60-59(65)56-54(40-25-29-50(68-14)30-26-40)32-42-20-16-18-22-52(42)58(56)66(60)48-37-45(63(7,8)9)34-46(38-48)64(10,11)12/h15-38H,1-14H3. The minimum atomic E-state index is -0.108. The van der Waals surface area contributed by atoms with Crippen molar-refractivity contribution in [1.29, 1.82) is 0 Å². The normalized spacial score (nSPS) is 12.9. The molecule has 2 aromatic heterocycles. The van der Waals surface area contributed by atoms with Gasteiger partial charge in [0, 0.05) is 32.9 Å². The Kier molecular flexibility index (Phi) is 10.5. The van der Waals surface area contributed by atoms with Crippen LogP contribution in [0.1, 0.15) is 105 Å². The number of hydrogen-bond donors (Lipinski definition) is 0. The monoisotopic (exact) mass is 895 g/mol. The molecule has 68 heavy (non-hydrogen) atoms. The van der Waals surface area contributed by atoms with E-state index in [2.05, 4.69) is 238 Å². The molecule has 0 atom stereocenters. The molecule has 0 saturated carbocycles. The summed E-state index contributed by atoms with van der Waals surface area (Å²) >= 11 is 0. The molecule has 0 N–H and O–H groups in total. The van der Waals surface area contributed by atoms with Crippen LogP contribution in [0.2, 0.25) is 0 Å². The first-order valence-electron chi connectivity index (χ1n) is 24.2. The number of rotatable bonds is 6. The highest BCUT2D eigenvalue weighted by Gasteiger charge is 2.32. The van der Waals surface area contributed by atoms with Gasteiger partial charge in [0.15, 0.2) is 0 Å². The van der Waals surface area contributed by atoms with Crippen molar-refractivity contribution < 1.29 is 9.47 Å². The van der Waals surface area contributed by atoms with Gasteiger partial charge in [-0.15, -0.1) is 0 Å². The number of fused-ring (bicyclic) bond motifs is 9. The molecule has 0 spiro atoms. The van der Waals surface area contributed by atoms with Crippen molar-refractivity contribution in [2.24, 2.45) is 0 Å². The first-order chi connectivity index (χ1) is 32.1. The lowest BCUT2D eigenvalue weighted by Gasteiger charge is -2.27. The fraction of sp³-hybridized carbons (Fsp3) is 0.281. The van der Waals surface area contributed by atoms with Gasteiger partial charge in [-0.3, -0.25) is 0 Å². The summed E-state index contributed by atoms with van der Waals surface area (Å²) in [6, 6.07) is 54.9. The van der Waals surface area contributed by atoms with E-state index in [1.165, 1.54) is 87.8 Å². The Morgan fingerprint density at radius 3 is 0.941 bits per heavy atom. The van der Waals surface area contributed by atoms with E-state index in [-0.39, 0.29) is 21.7 Å². The molecule has 0 radical (unpaired) electrons. The Hall–Kier alpha value is -6.78. The van der Waals surface area contributed by atoms with Crippen LogP contribution in [0.4, 0.5) is 0 Å². The maximum Gasteiger partial charge on any atom is 0.118 e. The van der Waals surface area contributed by atoms with Crippen LogP contribution in [-0.4, -0.2) is 23.4 Å². The first kappa shape index (κ1) is 45.0. The minimum absolute atomic E-state index is 0.108. The molecule has 2 heterocycles. The van der Waals surface area contributed by atoms with Gasteiger partial charge in [-0.25, -0.2) is 0 Å². The Balaban J connectivity index is 1.58. The predicted octanol–water partition coefficient (Wildman–Crippen LogP) is 17.6. The van der Waals surface area contributed by atoms with Crippen LogP contribution in [-0.2, 0) is 21.7 Å². The van der Waals surface area contributed by atoms with E-state index in [1.807, 2.05) is 0 Å². The van der Waals surface area contributed by atoms with E-state index in [1.54, 1.807) is 14.2 Å². The van der Waals surface area contributed by atoms with Gasteiger partial charge in [0.25, 0.3) is 0 Å². The second-order valence-corrected chi connectivity index (χ2v) is 23.1. The SMILES string of the molecule is COc1ccc(-c2cc3ccccc3c3c2c2c(c4c(-c5ccc(OC)cc5)cc5ccccc5c4n2-c2cc(C(C)(C)C)cc(C(C)(C)C)c2)n3-c2cc(C(C)(C)C)cc(C(C)(C)C)c2)cc1. The van der Waals surface area contributed by atoms with Gasteiger partial charge in [0.2, 0.25) is 0 Å². The molecular weight excluding hydrogens is 829 g/mol. The quantitative estimate of drug-likeness (QED) is 0.166. The summed E-state index contributed by atoms with van der Waals surface area (Å²) in [5.74, 6) is 1.67. The molecule has 4 nitrogen and oxygen atoms in total. The minimum Gasteiger partial charge on any atom is -0.497 e. The van der Waals surface area contributed by atoms with Crippen LogP contribution in [0.3, 0.4) is 0 Å². The van der Waals surface area contributed by atoms with Gasteiger partial charge in [-0.1, -0.05) is 168 Å². The van der Waals surface area contributed by atoms with Crippen molar-refractivity contribution in [3.8, 4) is 45.1 Å². The zero-order chi connectivity index (χ0) is 48.2. The molecule has 0 aliphatic rings. The molecular formula is C64H66N2O2. The van der Waals surface area contributed by atoms with Gasteiger partial charge < -0.3 is 18.6 Å². The third-order valence-corrected chi connectivity index (χ3v) is 14.3. The molecule has 0 aliphatic carbocycles. The number of benzene rings is 8. The Morgan fingerprint density at radius 2 is 0.647 bits per heavy atom. The number of aromatic nitrogens is 2. The summed E-state index contributed by atoms with van der Waals surface area (Å²) < 4.78 is 16.8. The van der Waals surface area contributed by atoms with E-state index in [4.69, 9.17) is 9.47 Å². The van der Waals surface area contributed by atoms with E-state index in [9.17, 15) is 0 Å². The molecule has 10 aromatic rings. The second-order valence-electron chi connectivity index (χ2n) is 23.1. The highest BCUT2D eigenvalue weighted by atomic mass is 16.5. The first-order valence-corrected chi connectivity index (χ1v) is 24.2. The van der Waals surface area contributed by atoms with Crippen molar-refractivity contribution in [3.63, 3.8) is 0 Å². The number of methoxy groups -OCH3 is 2. The Morgan fingerprint density at radius 1 is 0.338 bits per heavy atom. The zero-order valence-corrected chi connectivity index (χ0v) is 42.6. The summed E-state index contributed by atoms with van der Waals surface area (Å²) in [5, 5.41) is 7.22. The second kappa shape index (κ2) is 15.9. The van der Waals surface area contributed by atoms with Crippen molar-refractivity contribution >= 4 is 54.4 Å². The zero-order valence-electron chi connectivity index (χ0n) is 42.6. The molecule has 4 heteroatoms. The summed E-state index contributed by atoms with van der Waals surface area (Å²) in [4.78, 5) is 0. The van der Waals surface area contributed by atoms with Crippen LogP contribution in [0, 0.1) is 0 Å². The molecule has 0 amide bonds.